The number of imidazole rings is 1. The highest BCUT2D eigenvalue weighted by molar-refractivity contribution is 5.64. The quantitative estimate of drug-likeness (QED) is 0.674. The molecule has 0 spiro atoms. The van der Waals surface area contributed by atoms with E-state index in [-0.39, 0.29) is 11.8 Å². The van der Waals surface area contributed by atoms with Crippen molar-refractivity contribution in [3.8, 4) is 11.8 Å². The summed E-state index contributed by atoms with van der Waals surface area (Å²) in [5, 5.41) is 16.8. The molecule has 1 rings (SSSR count). The number of hydrogen-bond acceptors (Lipinski definition) is 5. The molecule has 0 unspecified atom stereocenters. The molecule has 0 atom stereocenters. The van der Waals surface area contributed by atoms with E-state index in [1.807, 2.05) is 0 Å². The zero-order valence-corrected chi connectivity index (χ0v) is 8.55. The second-order valence-corrected chi connectivity index (χ2v) is 3.15. The van der Waals surface area contributed by atoms with Crippen LogP contribution in [0.15, 0.2) is 0 Å². The summed E-state index contributed by atoms with van der Waals surface area (Å²) >= 11 is 0. The first-order valence-corrected chi connectivity index (χ1v) is 4.31. The fourth-order valence-electron chi connectivity index (χ4n) is 0.940. The minimum Gasteiger partial charge on any atom is -0.449 e. The average molecular weight is 230 g/mol. The number of H-pyrrole nitrogens is 1. The van der Waals surface area contributed by atoms with E-state index in [0.717, 1.165) is 0 Å². The van der Waals surface area contributed by atoms with Crippen molar-refractivity contribution in [3.63, 3.8) is 0 Å². The standard InChI is InChI=1S/C8H10N2O6/c1-3(2)4-9-5(15-7(11)12)6(10-4)16-8(13)14/h3H,1-2H3,(H,9,10)(H,11,12)(H,13,14). The first-order chi connectivity index (χ1) is 7.40. The predicted octanol–water partition coefficient (Wildman–Crippen LogP) is 1.65. The molecular formula is C8H10N2O6. The highest BCUT2D eigenvalue weighted by Gasteiger charge is 2.19. The molecule has 8 nitrogen and oxygen atoms in total. The van der Waals surface area contributed by atoms with Crippen molar-refractivity contribution in [2.75, 3.05) is 0 Å². The van der Waals surface area contributed by atoms with E-state index < -0.39 is 18.2 Å². The van der Waals surface area contributed by atoms with Gasteiger partial charge in [-0.2, -0.15) is 4.98 Å². The number of aromatic nitrogens is 2. The van der Waals surface area contributed by atoms with Gasteiger partial charge in [-0.15, -0.1) is 0 Å². The van der Waals surface area contributed by atoms with Gasteiger partial charge in [0.15, 0.2) is 0 Å². The van der Waals surface area contributed by atoms with Gasteiger partial charge in [0.25, 0.3) is 11.8 Å². The van der Waals surface area contributed by atoms with Crippen LogP contribution in [-0.4, -0.2) is 32.5 Å². The maximum Gasteiger partial charge on any atom is 0.512 e. The Kier molecular flexibility index (Phi) is 3.33. The fourth-order valence-corrected chi connectivity index (χ4v) is 0.940. The lowest BCUT2D eigenvalue weighted by Crippen LogP contribution is -2.08. The Labute approximate surface area is 89.8 Å². The molecule has 1 aromatic rings. The molecule has 0 aliphatic heterocycles. The van der Waals surface area contributed by atoms with Gasteiger partial charge in [-0.05, 0) is 0 Å². The molecule has 0 bridgehead atoms. The van der Waals surface area contributed by atoms with Crippen LogP contribution in [0.25, 0.3) is 0 Å². The van der Waals surface area contributed by atoms with Crippen LogP contribution in [0.3, 0.4) is 0 Å². The largest absolute Gasteiger partial charge is 0.512 e. The summed E-state index contributed by atoms with van der Waals surface area (Å²) in [5.74, 6) is -0.452. The molecule has 0 radical (unpaired) electrons. The van der Waals surface area contributed by atoms with E-state index in [0.29, 0.717) is 5.82 Å². The van der Waals surface area contributed by atoms with Crippen LogP contribution in [0.2, 0.25) is 0 Å². The Morgan fingerprint density at radius 1 is 1.25 bits per heavy atom. The van der Waals surface area contributed by atoms with Crippen LogP contribution in [0.5, 0.6) is 11.8 Å². The highest BCUT2D eigenvalue weighted by atomic mass is 16.7. The van der Waals surface area contributed by atoms with Crippen LogP contribution >= 0.6 is 0 Å². The lowest BCUT2D eigenvalue weighted by atomic mass is 10.2. The third kappa shape index (κ3) is 2.87. The molecule has 0 aromatic carbocycles. The predicted molar refractivity (Wildman–Crippen MR) is 50.0 cm³/mol. The zero-order chi connectivity index (χ0) is 12.3. The number of carboxylic acid groups (broad SMARTS) is 2. The molecule has 0 saturated heterocycles. The van der Waals surface area contributed by atoms with Gasteiger partial charge in [-0.1, -0.05) is 13.8 Å². The summed E-state index contributed by atoms with van der Waals surface area (Å²) in [7, 11) is 0. The van der Waals surface area contributed by atoms with Crippen LogP contribution in [0, 0.1) is 0 Å². The van der Waals surface area contributed by atoms with Crippen molar-refractivity contribution in [2.24, 2.45) is 0 Å². The van der Waals surface area contributed by atoms with Crippen molar-refractivity contribution >= 4 is 12.3 Å². The maximum absolute atomic E-state index is 10.3. The molecule has 0 amide bonds. The molecule has 0 aliphatic rings. The van der Waals surface area contributed by atoms with E-state index in [1.54, 1.807) is 13.8 Å². The van der Waals surface area contributed by atoms with E-state index in [9.17, 15) is 9.59 Å². The number of hydrogen-bond donors (Lipinski definition) is 3. The summed E-state index contributed by atoms with van der Waals surface area (Å²) in [6, 6.07) is 0. The Morgan fingerprint density at radius 3 is 2.25 bits per heavy atom. The molecule has 1 aromatic heterocycles. The maximum atomic E-state index is 10.3. The van der Waals surface area contributed by atoms with Gasteiger partial charge < -0.3 is 24.7 Å². The number of nitrogens with one attached hydrogen (secondary N) is 1. The molecule has 3 N–H and O–H groups in total. The van der Waals surface area contributed by atoms with Gasteiger partial charge in [0.2, 0.25) is 0 Å². The van der Waals surface area contributed by atoms with Gasteiger partial charge in [0, 0.05) is 5.92 Å². The fraction of sp³-hybridized carbons (Fsp3) is 0.375. The molecule has 0 saturated carbocycles. The Balaban J connectivity index is 3.01. The third-order valence-electron chi connectivity index (χ3n) is 1.58. The first kappa shape index (κ1) is 11.8. The van der Waals surface area contributed by atoms with Crippen molar-refractivity contribution < 1.29 is 29.3 Å². The van der Waals surface area contributed by atoms with Gasteiger partial charge in [0.1, 0.15) is 5.82 Å². The normalized spacial score (nSPS) is 10.2. The van der Waals surface area contributed by atoms with Crippen molar-refractivity contribution in [3.05, 3.63) is 5.82 Å². The summed E-state index contributed by atoms with van der Waals surface area (Å²) in [5.41, 5.74) is 0. The Hall–Kier alpha value is -2.25. The lowest BCUT2D eigenvalue weighted by Gasteiger charge is -1.97. The highest BCUT2D eigenvalue weighted by Crippen LogP contribution is 2.27. The van der Waals surface area contributed by atoms with Gasteiger partial charge in [-0.25, -0.2) is 9.59 Å². The average Bonchev–Trinajstić information content (AvgIpc) is 2.46. The summed E-state index contributed by atoms with van der Waals surface area (Å²) < 4.78 is 8.55. The number of carbonyl (C=O) groups is 2. The minimum atomic E-state index is -1.60. The molecular weight excluding hydrogens is 220 g/mol. The molecule has 1 heterocycles. The zero-order valence-electron chi connectivity index (χ0n) is 8.55. The Bertz CT molecular complexity index is 377. The summed E-state index contributed by atoms with van der Waals surface area (Å²) in [6.45, 7) is 3.57. The number of nitrogens with zero attached hydrogens (tertiary/aromatic N) is 1. The number of aromatic amines is 1. The number of rotatable bonds is 3. The van der Waals surface area contributed by atoms with Crippen LogP contribution in [-0.2, 0) is 0 Å². The van der Waals surface area contributed by atoms with Gasteiger partial charge in [-0.3, -0.25) is 0 Å². The monoisotopic (exact) mass is 230 g/mol. The molecule has 8 heteroatoms. The second kappa shape index (κ2) is 4.51. The molecule has 88 valence electrons. The van der Waals surface area contributed by atoms with E-state index >= 15 is 0 Å². The van der Waals surface area contributed by atoms with Gasteiger partial charge >= 0.3 is 12.3 Å². The minimum absolute atomic E-state index is 0.0534. The third-order valence-corrected chi connectivity index (χ3v) is 1.58. The lowest BCUT2D eigenvalue weighted by molar-refractivity contribution is 0.130. The summed E-state index contributed by atoms with van der Waals surface area (Å²) in [4.78, 5) is 26.9. The van der Waals surface area contributed by atoms with Crippen molar-refractivity contribution in [1.29, 1.82) is 0 Å². The van der Waals surface area contributed by atoms with E-state index in [2.05, 4.69) is 19.4 Å². The topological polar surface area (TPSA) is 122 Å². The number of ether oxygens (including phenoxy) is 2. The second-order valence-electron chi connectivity index (χ2n) is 3.15. The van der Waals surface area contributed by atoms with Gasteiger partial charge in [0.05, 0.1) is 0 Å². The molecule has 0 aliphatic carbocycles. The van der Waals surface area contributed by atoms with Crippen LogP contribution in [0.1, 0.15) is 25.6 Å². The van der Waals surface area contributed by atoms with Crippen molar-refractivity contribution in [1.82, 2.24) is 9.97 Å². The summed E-state index contributed by atoms with van der Waals surface area (Å²) in [6.07, 6.45) is -3.19. The smallest absolute Gasteiger partial charge is 0.449 e. The molecule has 16 heavy (non-hydrogen) atoms. The van der Waals surface area contributed by atoms with E-state index in [4.69, 9.17) is 10.2 Å². The van der Waals surface area contributed by atoms with Crippen LogP contribution in [0.4, 0.5) is 9.59 Å². The van der Waals surface area contributed by atoms with Crippen LogP contribution < -0.4 is 9.47 Å². The first-order valence-electron chi connectivity index (χ1n) is 4.31. The SMILES string of the molecule is CC(C)c1nc(OC(=O)O)c(OC(=O)O)[nH]1. The van der Waals surface area contributed by atoms with E-state index in [1.165, 1.54) is 0 Å². The Morgan fingerprint density at radius 2 is 1.81 bits per heavy atom. The molecule has 0 fully saturated rings. The van der Waals surface area contributed by atoms with Crippen molar-refractivity contribution in [2.45, 2.75) is 19.8 Å².